The number of nitriles is 1. The molecule has 1 spiro atoms. The predicted octanol–water partition coefficient (Wildman–Crippen LogP) is 3.29. The zero-order valence-corrected chi connectivity index (χ0v) is 15.4. The molecule has 142 valence electrons. The molecule has 28 heavy (non-hydrogen) atoms. The molecule has 2 saturated heterocycles. The zero-order chi connectivity index (χ0) is 19.9. The summed E-state index contributed by atoms with van der Waals surface area (Å²) < 4.78 is 14.4. The van der Waals surface area contributed by atoms with Crippen LogP contribution < -0.4 is 4.90 Å². The van der Waals surface area contributed by atoms with Crippen LogP contribution in [0.1, 0.15) is 12.0 Å². The standard InChI is InChI=1S/C22H20FN3O2/c1-2-20(28)26-13-22(14-26)9-10-25(12-22)18-7-3-5-15(16(18)11-24)21-17(23)6-4-8-19(21)27/h2-8,27H,1,9-10,12-14H2. The van der Waals surface area contributed by atoms with Gasteiger partial charge in [0.1, 0.15) is 17.6 Å². The van der Waals surface area contributed by atoms with Crippen LogP contribution in [-0.4, -0.2) is 42.1 Å². The molecule has 4 rings (SSSR count). The summed E-state index contributed by atoms with van der Waals surface area (Å²) >= 11 is 0. The minimum absolute atomic E-state index is 0.0293. The monoisotopic (exact) mass is 377 g/mol. The van der Waals surface area contributed by atoms with Crippen LogP contribution in [0.3, 0.4) is 0 Å². The molecular formula is C22H20FN3O2. The van der Waals surface area contributed by atoms with E-state index in [-0.39, 0.29) is 22.6 Å². The first-order chi connectivity index (χ1) is 13.5. The number of rotatable bonds is 3. The van der Waals surface area contributed by atoms with Gasteiger partial charge in [-0.1, -0.05) is 24.8 Å². The molecule has 2 aromatic rings. The topological polar surface area (TPSA) is 67.6 Å². The van der Waals surface area contributed by atoms with E-state index < -0.39 is 5.82 Å². The molecule has 5 nitrogen and oxygen atoms in total. The molecule has 1 amide bonds. The molecule has 0 bridgehead atoms. The van der Waals surface area contributed by atoms with Crippen LogP contribution in [0, 0.1) is 22.6 Å². The summed E-state index contributed by atoms with van der Waals surface area (Å²) in [5.74, 6) is -0.813. The summed E-state index contributed by atoms with van der Waals surface area (Å²) in [6.45, 7) is 6.39. The third-order valence-electron chi connectivity index (χ3n) is 5.73. The number of anilines is 1. The highest BCUT2D eigenvalue weighted by atomic mass is 19.1. The number of phenolic OH excluding ortho intramolecular Hbond substituents is 1. The van der Waals surface area contributed by atoms with Crippen LogP contribution in [0.25, 0.3) is 11.1 Å². The SMILES string of the molecule is C=CC(=O)N1CC2(CCN(c3cccc(-c4c(O)cccc4F)c3C#N)C2)C1. The van der Waals surface area contributed by atoms with Crippen LogP contribution in [0.2, 0.25) is 0 Å². The lowest BCUT2D eigenvalue weighted by molar-refractivity contribution is -0.136. The highest BCUT2D eigenvalue weighted by Crippen LogP contribution is 2.44. The van der Waals surface area contributed by atoms with Crippen molar-refractivity contribution in [1.29, 1.82) is 5.26 Å². The molecule has 2 fully saturated rings. The number of hydrogen-bond donors (Lipinski definition) is 1. The molecule has 2 aliphatic heterocycles. The van der Waals surface area contributed by atoms with Crippen molar-refractivity contribution < 1.29 is 14.3 Å². The molecule has 2 aliphatic rings. The molecule has 0 aromatic heterocycles. The lowest BCUT2D eigenvalue weighted by Crippen LogP contribution is -2.59. The van der Waals surface area contributed by atoms with Gasteiger partial charge in [0.25, 0.3) is 0 Å². The fourth-order valence-electron chi connectivity index (χ4n) is 4.36. The van der Waals surface area contributed by atoms with Crippen LogP contribution in [-0.2, 0) is 4.79 Å². The maximum Gasteiger partial charge on any atom is 0.245 e. The molecule has 2 heterocycles. The summed E-state index contributed by atoms with van der Waals surface area (Å²) in [5, 5.41) is 20.0. The second-order valence-corrected chi connectivity index (χ2v) is 7.52. The van der Waals surface area contributed by atoms with Gasteiger partial charge in [-0.2, -0.15) is 5.26 Å². The summed E-state index contributed by atoms with van der Waals surface area (Å²) in [5.41, 5.74) is 1.53. The Morgan fingerprint density at radius 2 is 2.00 bits per heavy atom. The van der Waals surface area contributed by atoms with E-state index >= 15 is 0 Å². The number of phenols is 1. The van der Waals surface area contributed by atoms with Crippen molar-refractivity contribution in [2.24, 2.45) is 5.41 Å². The number of amides is 1. The summed E-state index contributed by atoms with van der Waals surface area (Å²) in [7, 11) is 0. The van der Waals surface area contributed by atoms with Crippen molar-refractivity contribution in [3.05, 3.63) is 60.4 Å². The number of benzene rings is 2. The normalized spacial score (nSPS) is 17.3. The van der Waals surface area contributed by atoms with Crippen molar-refractivity contribution in [3.63, 3.8) is 0 Å². The highest BCUT2D eigenvalue weighted by molar-refractivity contribution is 5.88. The lowest BCUT2D eigenvalue weighted by atomic mass is 9.79. The van der Waals surface area contributed by atoms with Crippen LogP contribution in [0.5, 0.6) is 5.75 Å². The summed E-state index contributed by atoms with van der Waals surface area (Å²) in [6, 6.07) is 11.6. The summed E-state index contributed by atoms with van der Waals surface area (Å²) in [6.07, 6.45) is 2.26. The van der Waals surface area contributed by atoms with E-state index in [2.05, 4.69) is 17.5 Å². The average Bonchev–Trinajstić information content (AvgIpc) is 3.11. The van der Waals surface area contributed by atoms with Gasteiger partial charge >= 0.3 is 0 Å². The number of hydrogen-bond acceptors (Lipinski definition) is 4. The Morgan fingerprint density at radius 1 is 1.25 bits per heavy atom. The van der Waals surface area contributed by atoms with Gasteiger partial charge in [0, 0.05) is 37.2 Å². The minimum Gasteiger partial charge on any atom is -0.507 e. The zero-order valence-electron chi connectivity index (χ0n) is 15.4. The van der Waals surface area contributed by atoms with Gasteiger partial charge in [-0.15, -0.1) is 0 Å². The van der Waals surface area contributed by atoms with Crippen LogP contribution in [0.15, 0.2) is 49.1 Å². The first-order valence-corrected chi connectivity index (χ1v) is 9.15. The molecule has 0 atom stereocenters. The minimum atomic E-state index is -0.566. The molecule has 0 unspecified atom stereocenters. The second-order valence-electron chi connectivity index (χ2n) is 7.52. The maximum absolute atomic E-state index is 14.4. The number of halogens is 1. The molecular weight excluding hydrogens is 357 g/mol. The van der Waals surface area contributed by atoms with Gasteiger partial charge in [0.15, 0.2) is 0 Å². The Kier molecular flexibility index (Phi) is 4.31. The number of carbonyl (C=O) groups is 1. The van der Waals surface area contributed by atoms with E-state index in [9.17, 15) is 19.6 Å². The molecule has 0 aliphatic carbocycles. The maximum atomic E-state index is 14.4. The van der Waals surface area contributed by atoms with E-state index in [4.69, 9.17) is 0 Å². The van der Waals surface area contributed by atoms with E-state index in [1.165, 1.54) is 24.3 Å². The van der Waals surface area contributed by atoms with Gasteiger partial charge in [0.2, 0.25) is 5.91 Å². The molecule has 0 radical (unpaired) electrons. The molecule has 2 aromatic carbocycles. The number of aromatic hydroxyl groups is 1. The van der Waals surface area contributed by atoms with E-state index in [1.807, 2.05) is 6.07 Å². The van der Waals surface area contributed by atoms with Crippen molar-refractivity contribution in [1.82, 2.24) is 4.90 Å². The Hall–Kier alpha value is -3.33. The van der Waals surface area contributed by atoms with E-state index in [0.29, 0.717) is 24.2 Å². The van der Waals surface area contributed by atoms with Gasteiger partial charge in [-0.05, 0) is 30.7 Å². The second kappa shape index (κ2) is 6.68. The lowest BCUT2D eigenvalue weighted by Gasteiger charge is -2.47. The van der Waals surface area contributed by atoms with Crippen molar-refractivity contribution in [3.8, 4) is 22.9 Å². The largest absolute Gasteiger partial charge is 0.507 e. The predicted molar refractivity (Wildman–Crippen MR) is 104 cm³/mol. The fourth-order valence-corrected chi connectivity index (χ4v) is 4.36. The van der Waals surface area contributed by atoms with Gasteiger partial charge in [0.05, 0.1) is 16.8 Å². The van der Waals surface area contributed by atoms with Crippen molar-refractivity contribution in [2.75, 3.05) is 31.1 Å². The first-order valence-electron chi connectivity index (χ1n) is 9.15. The average molecular weight is 377 g/mol. The third-order valence-corrected chi connectivity index (χ3v) is 5.73. The van der Waals surface area contributed by atoms with Gasteiger partial charge in [-0.25, -0.2) is 4.39 Å². The fraction of sp³-hybridized carbons (Fsp3) is 0.273. The van der Waals surface area contributed by atoms with E-state index in [0.717, 1.165) is 25.2 Å². The summed E-state index contributed by atoms with van der Waals surface area (Å²) in [4.78, 5) is 15.6. The molecule has 6 heteroatoms. The number of nitrogens with zero attached hydrogens (tertiary/aromatic N) is 3. The number of likely N-dealkylation sites (tertiary alicyclic amines) is 1. The van der Waals surface area contributed by atoms with Crippen molar-refractivity contribution >= 4 is 11.6 Å². The molecule has 1 N–H and O–H groups in total. The number of carbonyl (C=O) groups excluding carboxylic acids is 1. The Labute approximate surface area is 162 Å². The van der Waals surface area contributed by atoms with Gasteiger partial charge in [-0.3, -0.25) is 4.79 Å². The van der Waals surface area contributed by atoms with Crippen LogP contribution in [0.4, 0.5) is 10.1 Å². The Bertz CT molecular complexity index is 985. The van der Waals surface area contributed by atoms with Crippen LogP contribution >= 0.6 is 0 Å². The quantitative estimate of drug-likeness (QED) is 0.834. The highest BCUT2D eigenvalue weighted by Gasteiger charge is 2.49. The van der Waals surface area contributed by atoms with E-state index in [1.54, 1.807) is 17.0 Å². The third kappa shape index (κ3) is 2.80. The Morgan fingerprint density at radius 3 is 2.68 bits per heavy atom. The van der Waals surface area contributed by atoms with Gasteiger partial charge < -0.3 is 14.9 Å². The van der Waals surface area contributed by atoms with Crippen molar-refractivity contribution in [2.45, 2.75) is 6.42 Å². The first kappa shape index (κ1) is 18.1. The molecule has 0 saturated carbocycles. The Balaban J connectivity index is 1.65. The smallest absolute Gasteiger partial charge is 0.245 e.